The summed E-state index contributed by atoms with van der Waals surface area (Å²) in [6.45, 7) is 6.85. The number of anilines is 1. The van der Waals surface area contributed by atoms with E-state index in [9.17, 15) is 9.90 Å². The first kappa shape index (κ1) is 17.0. The molecule has 2 unspecified atom stereocenters. The van der Waals surface area contributed by atoms with Crippen molar-refractivity contribution in [2.45, 2.75) is 44.8 Å². The summed E-state index contributed by atoms with van der Waals surface area (Å²) in [5, 5.41) is 15.4. The number of carbonyl (C=O) groups excluding carboxylic acids is 1. The third-order valence-corrected chi connectivity index (χ3v) is 3.42. The molecule has 4 nitrogen and oxygen atoms in total. The molecule has 1 aliphatic rings. The van der Waals surface area contributed by atoms with Gasteiger partial charge in [-0.25, -0.2) is 0 Å². The van der Waals surface area contributed by atoms with Gasteiger partial charge in [0, 0.05) is 12.2 Å². The van der Waals surface area contributed by atoms with Gasteiger partial charge in [0.05, 0.1) is 12.1 Å². The minimum Gasteiger partial charge on any atom is -0.392 e. The van der Waals surface area contributed by atoms with Crippen molar-refractivity contribution in [1.82, 2.24) is 5.32 Å². The summed E-state index contributed by atoms with van der Waals surface area (Å²) in [6.07, 6.45) is 0.0531. The number of benzene rings is 1. The number of aliphatic hydroxyl groups excluding tert-OH is 1. The van der Waals surface area contributed by atoms with E-state index in [1.54, 1.807) is 0 Å². The van der Waals surface area contributed by atoms with Crippen molar-refractivity contribution in [2.24, 2.45) is 0 Å². The number of hydrogen-bond acceptors (Lipinski definition) is 3. The Labute approximate surface area is 126 Å². The van der Waals surface area contributed by atoms with Crippen molar-refractivity contribution >= 4 is 24.0 Å². The number of nitrogens with one attached hydrogen (secondary N) is 2. The minimum atomic E-state index is -0.423. The fraction of sp³-hybridized carbons (Fsp3) is 0.533. The predicted octanol–water partition coefficient (Wildman–Crippen LogP) is 2.07. The van der Waals surface area contributed by atoms with E-state index < -0.39 is 6.10 Å². The zero-order valence-electron chi connectivity index (χ0n) is 12.1. The van der Waals surface area contributed by atoms with E-state index in [-0.39, 0.29) is 29.8 Å². The molecule has 1 heterocycles. The highest BCUT2D eigenvalue weighted by Crippen LogP contribution is 2.29. The van der Waals surface area contributed by atoms with Crippen molar-refractivity contribution in [1.29, 1.82) is 0 Å². The van der Waals surface area contributed by atoms with Gasteiger partial charge in [0.25, 0.3) is 0 Å². The molecule has 0 radical (unpaired) electrons. The lowest BCUT2D eigenvalue weighted by molar-refractivity contribution is -0.117. The molecule has 0 aromatic heterocycles. The topological polar surface area (TPSA) is 61.4 Å². The summed E-state index contributed by atoms with van der Waals surface area (Å²) >= 11 is 0. The lowest BCUT2D eigenvalue weighted by atomic mass is 9.86. The summed E-state index contributed by atoms with van der Waals surface area (Å²) in [5.74, 6) is -0.0757. The van der Waals surface area contributed by atoms with Gasteiger partial charge in [-0.05, 0) is 23.5 Å². The summed E-state index contributed by atoms with van der Waals surface area (Å²) in [7, 11) is 0. The normalized spacial score (nSPS) is 22.2. The van der Waals surface area contributed by atoms with Gasteiger partial charge in [0.1, 0.15) is 0 Å². The number of carbonyl (C=O) groups is 1. The van der Waals surface area contributed by atoms with Gasteiger partial charge in [0.2, 0.25) is 5.91 Å². The Bertz CT molecular complexity index is 471. The largest absolute Gasteiger partial charge is 0.392 e. The van der Waals surface area contributed by atoms with Crippen LogP contribution >= 0.6 is 12.4 Å². The molecule has 1 aromatic rings. The fourth-order valence-electron chi connectivity index (χ4n) is 2.38. The van der Waals surface area contributed by atoms with Gasteiger partial charge in [-0.1, -0.05) is 39.0 Å². The maximum Gasteiger partial charge on any atom is 0.241 e. The average Bonchev–Trinajstić information content (AvgIpc) is 2.75. The van der Waals surface area contributed by atoms with Crippen LogP contribution in [-0.2, 0) is 10.2 Å². The zero-order valence-corrected chi connectivity index (χ0v) is 13.0. The number of para-hydroxylation sites is 1. The smallest absolute Gasteiger partial charge is 0.241 e. The molecule has 20 heavy (non-hydrogen) atoms. The Balaban J connectivity index is 0.00000200. The Hall–Kier alpha value is -1.10. The zero-order chi connectivity index (χ0) is 14.0. The Morgan fingerprint density at radius 2 is 2.00 bits per heavy atom. The van der Waals surface area contributed by atoms with Crippen LogP contribution in [-0.4, -0.2) is 29.7 Å². The molecule has 2 atom stereocenters. The van der Waals surface area contributed by atoms with Crippen LogP contribution in [0, 0.1) is 0 Å². The molecule has 1 saturated heterocycles. The molecular weight excluding hydrogens is 276 g/mol. The summed E-state index contributed by atoms with van der Waals surface area (Å²) in [6, 6.07) is 7.55. The highest BCUT2D eigenvalue weighted by Gasteiger charge is 2.29. The van der Waals surface area contributed by atoms with Crippen LogP contribution in [0.3, 0.4) is 0 Å². The van der Waals surface area contributed by atoms with Crippen molar-refractivity contribution in [3.63, 3.8) is 0 Å². The number of halogens is 1. The van der Waals surface area contributed by atoms with Gasteiger partial charge < -0.3 is 15.7 Å². The monoisotopic (exact) mass is 298 g/mol. The first-order valence-corrected chi connectivity index (χ1v) is 6.70. The van der Waals surface area contributed by atoms with Crippen LogP contribution in [0.15, 0.2) is 24.3 Å². The number of amides is 1. The second kappa shape index (κ2) is 6.57. The van der Waals surface area contributed by atoms with E-state index in [0.717, 1.165) is 11.3 Å². The van der Waals surface area contributed by atoms with E-state index in [2.05, 4.69) is 31.4 Å². The molecule has 2 rings (SSSR count). The molecule has 0 spiro atoms. The molecule has 112 valence electrons. The van der Waals surface area contributed by atoms with Gasteiger partial charge in [-0.2, -0.15) is 0 Å². The maximum atomic E-state index is 12.2. The number of rotatable bonds is 2. The van der Waals surface area contributed by atoms with Gasteiger partial charge in [-0.3, -0.25) is 4.79 Å². The standard InChI is InChI=1S/C15H22N2O2.ClH/c1-15(2,3)11-6-4-5-7-12(11)17-14(19)13-8-10(18)9-16-13;/h4-7,10,13,16,18H,8-9H2,1-3H3,(H,17,19);1H. The Morgan fingerprint density at radius 3 is 2.55 bits per heavy atom. The van der Waals surface area contributed by atoms with E-state index in [4.69, 9.17) is 0 Å². The molecule has 3 N–H and O–H groups in total. The van der Waals surface area contributed by atoms with Crippen LogP contribution in [0.5, 0.6) is 0 Å². The van der Waals surface area contributed by atoms with Crippen molar-refractivity contribution in [2.75, 3.05) is 11.9 Å². The molecule has 0 bridgehead atoms. The highest BCUT2D eigenvalue weighted by atomic mass is 35.5. The van der Waals surface area contributed by atoms with Crippen LogP contribution in [0.25, 0.3) is 0 Å². The fourth-order valence-corrected chi connectivity index (χ4v) is 2.38. The Morgan fingerprint density at radius 1 is 1.35 bits per heavy atom. The highest BCUT2D eigenvalue weighted by molar-refractivity contribution is 5.95. The van der Waals surface area contributed by atoms with Crippen molar-refractivity contribution in [3.05, 3.63) is 29.8 Å². The average molecular weight is 299 g/mol. The van der Waals surface area contributed by atoms with Crippen LogP contribution in [0.2, 0.25) is 0 Å². The van der Waals surface area contributed by atoms with E-state index in [1.807, 2.05) is 24.3 Å². The van der Waals surface area contributed by atoms with E-state index in [0.29, 0.717) is 13.0 Å². The minimum absolute atomic E-state index is 0. The molecule has 1 amide bonds. The summed E-state index contributed by atoms with van der Waals surface area (Å²) in [4.78, 5) is 12.2. The van der Waals surface area contributed by atoms with Gasteiger partial charge in [-0.15, -0.1) is 12.4 Å². The van der Waals surface area contributed by atoms with E-state index in [1.165, 1.54) is 0 Å². The predicted molar refractivity (Wildman–Crippen MR) is 83.4 cm³/mol. The first-order chi connectivity index (χ1) is 8.88. The summed E-state index contributed by atoms with van der Waals surface area (Å²) < 4.78 is 0. The van der Waals surface area contributed by atoms with Crippen molar-refractivity contribution < 1.29 is 9.90 Å². The molecule has 5 heteroatoms. The second-order valence-electron chi connectivity index (χ2n) is 6.14. The van der Waals surface area contributed by atoms with Gasteiger partial charge in [0.15, 0.2) is 0 Å². The lowest BCUT2D eigenvalue weighted by Crippen LogP contribution is -2.36. The summed E-state index contributed by atoms with van der Waals surface area (Å²) in [5.41, 5.74) is 1.94. The van der Waals surface area contributed by atoms with Gasteiger partial charge >= 0.3 is 0 Å². The molecule has 1 fully saturated rings. The quantitative estimate of drug-likeness (QED) is 0.783. The number of aliphatic hydroxyl groups is 1. The number of β-amino-alcohol motifs (C(OH)–C–C–N with tert-alkyl or cyclic N) is 1. The van der Waals surface area contributed by atoms with E-state index >= 15 is 0 Å². The number of hydrogen-bond donors (Lipinski definition) is 3. The SMILES string of the molecule is CC(C)(C)c1ccccc1NC(=O)C1CC(O)CN1.Cl. The molecular formula is C15H23ClN2O2. The van der Waals surface area contributed by atoms with Crippen LogP contribution in [0.1, 0.15) is 32.8 Å². The second-order valence-corrected chi connectivity index (χ2v) is 6.14. The molecule has 0 aliphatic carbocycles. The van der Waals surface area contributed by atoms with Crippen molar-refractivity contribution in [3.8, 4) is 0 Å². The molecule has 1 aromatic carbocycles. The molecule has 1 aliphatic heterocycles. The third-order valence-electron chi connectivity index (χ3n) is 3.42. The maximum absolute atomic E-state index is 12.2. The first-order valence-electron chi connectivity index (χ1n) is 6.70. The van der Waals surface area contributed by atoms with Crippen LogP contribution in [0.4, 0.5) is 5.69 Å². The van der Waals surface area contributed by atoms with Crippen LogP contribution < -0.4 is 10.6 Å². The third kappa shape index (κ3) is 3.95. The molecule has 0 saturated carbocycles. The lowest BCUT2D eigenvalue weighted by Gasteiger charge is -2.23. The Kier molecular flexibility index (Phi) is 5.57.